The third-order valence-electron chi connectivity index (χ3n) is 3.17. The summed E-state index contributed by atoms with van der Waals surface area (Å²) in [6, 6.07) is 0.0908. The predicted octanol–water partition coefficient (Wildman–Crippen LogP) is 1.93. The molecule has 1 aliphatic rings. The molecule has 2 rings (SSSR count). The molecule has 0 spiro atoms. The van der Waals surface area contributed by atoms with Gasteiger partial charge in [-0.05, 0) is 43.6 Å². The number of rotatable bonds is 5. The Morgan fingerprint density at radius 1 is 1.61 bits per heavy atom. The molecule has 0 aliphatic heterocycles. The number of amides is 1. The summed E-state index contributed by atoms with van der Waals surface area (Å²) in [5.74, 6) is 1.66. The number of aromatic nitrogens is 1. The number of hydrogen-bond donors (Lipinski definition) is 3. The smallest absolute Gasteiger partial charge is 0.258 e. The molecule has 0 bridgehead atoms. The van der Waals surface area contributed by atoms with Crippen LogP contribution in [0.3, 0.4) is 0 Å². The second-order valence-corrected chi connectivity index (χ2v) is 6.03. The molecule has 5 nitrogen and oxygen atoms in total. The van der Waals surface area contributed by atoms with Crippen molar-refractivity contribution in [2.75, 3.05) is 17.6 Å². The molecule has 1 amide bonds. The summed E-state index contributed by atoms with van der Waals surface area (Å²) in [5, 5.41) is 6.92. The maximum Gasteiger partial charge on any atom is 0.258 e. The van der Waals surface area contributed by atoms with Crippen molar-refractivity contribution < 1.29 is 4.79 Å². The second-order valence-electron chi connectivity index (χ2n) is 5.25. The fourth-order valence-corrected chi connectivity index (χ4v) is 2.60. The molecule has 0 saturated heterocycles. The average molecular weight is 268 g/mol. The highest BCUT2D eigenvalue weighted by atomic mass is 32.1. The van der Waals surface area contributed by atoms with Crippen molar-refractivity contribution in [3.8, 4) is 0 Å². The van der Waals surface area contributed by atoms with Crippen LogP contribution in [0.4, 0.5) is 10.8 Å². The van der Waals surface area contributed by atoms with Crippen LogP contribution in [-0.4, -0.2) is 22.9 Å². The van der Waals surface area contributed by atoms with E-state index in [1.54, 1.807) is 0 Å². The minimum Gasteiger partial charge on any atom is -0.382 e. The summed E-state index contributed by atoms with van der Waals surface area (Å²) in [5.41, 5.74) is 6.25. The average Bonchev–Trinajstić information content (AvgIpc) is 2.83. The number of hydrogen-bond acceptors (Lipinski definition) is 5. The first-order valence-electron chi connectivity index (χ1n) is 6.29. The fourth-order valence-electron chi connectivity index (χ4n) is 1.88. The molecule has 1 aromatic heterocycles. The second kappa shape index (κ2) is 5.14. The zero-order valence-corrected chi connectivity index (χ0v) is 11.8. The molecular weight excluding hydrogens is 248 g/mol. The van der Waals surface area contributed by atoms with E-state index < -0.39 is 0 Å². The Labute approximate surface area is 111 Å². The molecule has 1 aromatic rings. The van der Waals surface area contributed by atoms with Gasteiger partial charge in [-0.1, -0.05) is 6.92 Å². The van der Waals surface area contributed by atoms with Gasteiger partial charge in [0.15, 0.2) is 5.82 Å². The van der Waals surface area contributed by atoms with Gasteiger partial charge < -0.3 is 16.4 Å². The first-order valence-corrected chi connectivity index (χ1v) is 7.06. The Kier molecular flexibility index (Phi) is 3.75. The van der Waals surface area contributed by atoms with Gasteiger partial charge in [-0.25, -0.2) is 0 Å². The Hall–Kier alpha value is -1.30. The highest BCUT2D eigenvalue weighted by Crippen LogP contribution is 2.38. The number of carbonyl (C=O) groups excluding carboxylic acids is 1. The van der Waals surface area contributed by atoms with Crippen LogP contribution in [-0.2, 0) is 0 Å². The van der Waals surface area contributed by atoms with Gasteiger partial charge >= 0.3 is 0 Å². The SMILES string of the molecule is CC(C)NC(=O)c1c(N)nsc1NCC1CC1C. The van der Waals surface area contributed by atoms with Crippen LogP contribution in [0.2, 0.25) is 0 Å². The Balaban J connectivity index is 2.03. The van der Waals surface area contributed by atoms with E-state index in [0.29, 0.717) is 17.3 Å². The van der Waals surface area contributed by atoms with E-state index in [9.17, 15) is 4.79 Å². The summed E-state index contributed by atoms with van der Waals surface area (Å²) in [4.78, 5) is 12.0. The monoisotopic (exact) mass is 268 g/mol. The highest BCUT2D eigenvalue weighted by Gasteiger charge is 2.32. The van der Waals surface area contributed by atoms with Crippen LogP contribution in [0, 0.1) is 11.8 Å². The number of anilines is 2. The molecule has 2 unspecified atom stereocenters. The van der Waals surface area contributed by atoms with E-state index in [1.807, 2.05) is 13.8 Å². The Morgan fingerprint density at radius 2 is 2.28 bits per heavy atom. The van der Waals surface area contributed by atoms with Crippen molar-refractivity contribution in [3.05, 3.63) is 5.56 Å². The lowest BCUT2D eigenvalue weighted by atomic mass is 10.2. The van der Waals surface area contributed by atoms with Crippen LogP contribution >= 0.6 is 11.5 Å². The van der Waals surface area contributed by atoms with Crippen LogP contribution in [0.5, 0.6) is 0 Å². The number of nitrogens with two attached hydrogens (primary N) is 1. The summed E-state index contributed by atoms with van der Waals surface area (Å²) in [7, 11) is 0. The molecule has 0 aromatic carbocycles. The quantitative estimate of drug-likeness (QED) is 0.762. The molecular formula is C12H20N4OS. The van der Waals surface area contributed by atoms with Crippen molar-refractivity contribution in [2.45, 2.75) is 33.2 Å². The van der Waals surface area contributed by atoms with E-state index in [0.717, 1.165) is 17.5 Å². The van der Waals surface area contributed by atoms with Crippen LogP contribution in [0.1, 0.15) is 37.6 Å². The zero-order chi connectivity index (χ0) is 13.3. The van der Waals surface area contributed by atoms with Gasteiger partial charge in [0.2, 0.25) is 0 Å². The Morgan fingerprint density at radius 3 is 2.83 bits per heavy atom. The molecule has 100 valence electrons. The van der Waals surface area contributed by atoms with Crippen LogP contribution in [0.25, 0.3) is 0 Å². The zero-order valence-electron chi connectivity index (χ0n) is 11.0. The third-order valence-corrected chi connectivity index (χ3v) is 3.99. The van der Waals surface area contributed by atoms with Crippen molar-refractivity contribution in [2.24, 2.45) is 11.8 Å². The lowest BCUT2D eigenvalue weighted by Gasteiger charge is -2.10. The van der Waals surface area contributed by atoms with E-state index in [1.165, 1.54) is 18.0 Å². The first-order chi connectivity index (χ1) is 8.49. The molecule has 1 heterocycles. The maximum atomic E-state index is 12.0. The number of nitrogens with zero attached hydrogens (tertiary/aromatic N) is 1. The van der Waals surface area contributed by atoms with Gasteiger partial charge in [-0.15, -0.1) is 0 Å². The van der Waals surface area contributed by atoms with Crippen molar-refractivity contribution >= 4 is 28.3 Å². The molecule has 6 heteroatoms. The van der Waals surface area contributed by atoms with Crippen molar-refractivity contribution in [3.63, 3.8) is 0 Å². The maximum absolute atomic E-state index is 12.0. The van der Waals surface area contributed by atoms with Gasteiger partial charge in [-0.3, -0.25) is 4.79 Å². The minimum atomic E-state index is -0.150. The van der Waals surface area contributed by atoms with Crippen molar-refractivity contribution in [1.82, 2.24) is 9.69 Å². The lowest BCUT2D eigenvalue weighted by molar-refractivity contribution is 0.0945. The normalized spacial score (nSPS) is 22.0. The van der Waals surface area contributed by atoms with Gasteiger partial charge in [-0.2, -0.15) is 4.37 Å². The lowest BCUT2D eigenvalue weighted by Crippen LogP contribution is -2.31. The van der Waals surface area contributed by atoms with E-state index in [-0.39, 0.29) is 11.9 Å². The fraction of sp³-hybridized carbons (Fsp3) is 0.667. The van der Waals surface area contributed by atoms with E-state index >= 15 is 0 Å². The molecule has 2 atom stereocenters. The summed E-state index contributed by atoms with van der Waals surface area (Å²) in [6.07, 6.45) is 1.26. The van der Waals surface area contributed by atoms with Gasteiger partial charge in [0.05, 0.1) is 0 Å². The van der Waals surface area contributed by atoms with Crippen LogP contribution in [0.15, 0.2) is 0 Å². The summed E-state index contributed by atoms with van der Waals surface area (Å²) < 4.78 is 4.06. The third kappa shape index (κ3) is 2.93. The molecule has 4 N–H and O–H groups in total. The first kappa shape index (κ1) is 13.1. The molecule has 1 fully saturated rings. The van der Waals surface area contributed by atoms with Gasteiger partial charge in [0, 0.05) is 12.6 Å². The summed E-state index contributed by atoms with van der Waals surface area (Å²) >= 11 is 1.26. The van der Waals surface area contributed by atoms with Crippen LogP contribution < -0.4 is 16.4 Å². The largest absolute Gasteiger partial charge is 0.382 e. The summed E-state index contributed by atoms with van der Waals surface area (Å²) in [6.45, 7) is 6.98. The molecule has 0 radical (unpaired) electrons. The Bertz CT molecular complexity index is 443. The highest BCUT2D eigenvalue weighted by molar-refractivity contribution is 7.11. The van der Waals surface area contributed by atoms with E-state index in [2.05, 4.69) is 21.9 Å². The van der Waals surface area contributed by atoms with Crippen molar-refractivity contribution in [1.29, 1.82) is 0 Å². The molecule has 1 aliphatic carbocycles. The predicted molar refractivity (Wildman–Crippen MR) is 74.9 cm³/mol. The number of nitrogen functional groups attached to an aromatic ring is 1. The minimum absolute atomic E-state index is 0.0908. The topological polar surface area (TPSA) is 80.0 Å². The number of carbonyl (C=O) groups is 1. The number of nitrogens with one attached hydrogen (secondary N) is 2. The van der Waals surface area contributed by atoms with Gasteiger partial charge in [0.25, 0.3) is 5.91 Å². The molecule has 1 saturated carbocycles. The standard InChI is InChI=1S/C12H20N4OS/c1-6(2)15-11(17)9-10(13)16-18-12(9)14-5-8-4-7(8)3/h6-8,14H,4-5H2,1-3H3,(H2,13,16)(H,15,17). The molecule has 18 heavy (non-hydrogen) atoms. The van der Waals surface area contributed by atoms with Gasteiger partial charge in [0.1, 0.15) is 10.6 Å². The van der Waals surface area contributed by atoms with E-state index in [4.69, 9.17) is 5.73 Å².